The van der Waals surface area contributed by atoms with Crippen molar-refractivity contribution in [3.05, 3.63) is 71.8 Å². The van der Waals surface area contributed by atoms with E-state index in [0.29, 0.717) is 11.1 Å². The molecule has 0 spiro atoms. The molecule has 3 nitrogen and oxygen atoms in total. The maximum absolute atomic E-state index is 12.1. The van der Waals surface area contributed by atoms with Crippen molar-refractivity contribution in [2.75, 3.05) is 0 Å². The minimum Gasteiger partial charge on any atom is -0.385 e. The second-order valence-corrected chi connectivity index (χ2v) is 5.15. The number of hydrogen-bond acceptors (Lipinski definition) is 3. The molecular weight excluding hydrogens is 264 g/mol. The Hall–Kier alpha value is -2.26. The lowest BCUT2D eigenvalue weighted by atomic mass is 9.90. The summed E-state index contributed by atoms with van der Waals surface area (Å²) in [5, 5.41) is 10.1. The van der Waals surface area contributed by atoms with E-state index in [1.165, 1.54) is 0 Å². The first kappa shape index (κ1) is 15.1. The number of rotatable bonds is 6. The molecule has 0 aromatic heterocycles. The molecule has 3 heteroatoms. The second-order valence-electron chi connectivity index (χ2n) is 5.15. The number of carbonyl (C=O) groups excluding carboxylic acids is 2. The van der Waals surface area contributed by atoms with Crippen LogP contribution in [0.25, 0.3) is 0 Å². The molecule has 2 rings (SSSR count). The summed E-state index contributed by atoms with van der Waals surface area (Å²) in [5.74, 6) is -0.836. The van der Waals surface area contributed by atoms with Gasteiger partial charge in [-0.15, -0.1) is 0 Å². The van der Waals surface area contributed by atoms with Crippen LogP contribution < -0.4 is 0 Å². The third-order valence-corrected chi connectivity index (χ3v) is 3.47. The summed E-state index contributed by atoms with van der Waals surface area (Å²) in [7, 11) is 0. The van der Waals surface area contributed by atoms with Gasteiger partial charge in [-0.25, -0.2) is 0 Å². The van der Waals surface area contributed by atoms with Gasteiger partial charge in [0.1, 0.15) is 6.10 Å². The number of benzene rings is 2. The van der Waals surface area contributed by atoms with Crippen molar-refractivity contribution in [1.82, 2.24) is 0 Å². The normalized spacial score (nSPS) is 13.4. The van der Waals surface area contributed by atoms with Crippen molar-refractivity contribution in [3.63, 3.8) is 0 Å². The summed E-state index contributed by atoms with van der Waals surface area (Å²) in [6.45, 7) is 1.71. The Morgan fingerprint density at radius 2 is 1.38 bits per heavy atom. The highest BCUT2D eigenvalue weighted by Gasteiger charge is 2.25. The van der Waals surface area contributed by atoms with Crippen molar-refractivity contribution in [2.24, 2.45) is 5.92 Å². The summed E-state index contributed by atoms with van der Waals surface area (Å²) in [5.41, 5.74) is 1.06. The molecule has 0 bridgehead atoms. The average Bonchev–Trinajstić information content (AvgIpc) is 2.55. The molecule has 0 aliphatic rings. The molecule has 0 amide bonds. The average molecular weight is 282 g/mol. The number of Topliss-reactive ketones (excluding diaryl/α,β-unsaturated/α-hetero) is 2. The van der Waals surface area contributed by atoms with E-state index in [-0.39, 0.29) is 18.0 Å². The Balaban J connectivity index is 2.01. The van der Waals surface area contributed by atoms with Gasteiger partial charge in [0.05, 0.1) is 0 Å². The zero-order valence-corrected chi connectivity index (χ0v) is 11.9. The van der Waals surface area contributed by atoms with E-state index in [4.69, 9.17) is 0 Å². The predicted octanol–water partition coefficient (Wildman–Crippen LogP) is 3.14. The van der Waals surface area contributed by atoms with Crippen LogP contribution in [0.5, 0.6) is 0 Å². The Labute approximate surface area is 124 Å². The molecule has 1 N–H and O–H groups in total. The molecule has 0 saturated heterocycles. The minimum absolute atomic E-state index is 0.0667. The van der Waals surface area contributed by atoms with Gasteiger partial charge in [-0.1, -0.05) is 67.6 Å². The minimum atomic E-state index is -1.17. The van der Waals surface area contributed by atoms with Gasteiger partial charge < -0.3 is 5.11 Å². The van der Waals surface area contributed by atoms with Gasteiger partial charge in [-0.05, 0) is 5.92 Å². The van der Waals surface area contributed by atoms with Gasteiger partial charge in [0, 0.05) is 17.5 Å². The van der Waals surface area contributed by atoms with Gasteiger partial charge in [0.25, 0.3) is 0 Å². The van der Waals surface area contributed by atoms with E-state index in [0.717, 1.165) is 0 Å². The van der Waals surface area contributed by atoms with Crippen LogP contribution >= 0.6 is 0 Å². The summed E-state index contributed by atoms with van der Waals surface area (Å²) in [4.78, 5) is 24.2. The van der Waals surface area contributed by atoms with E-state index in [1.54, 1.807) is 55.5 Å². The van der Waals surface area contributed by atoms with Crippen molar-refractivity contribution in [3.8, 4) is 0 Å². The van der Waals surface area contributed by atoms with Gasteiger partial charge >= 0.3 is 0 Å². The van der Waals surface area contributed by atoms with Crippen LogP contribution in [-0.4, -0.2) is 22.8 Å². The fraction of sp³-hybridized carbons (Fsp3) is 0.222. The Bertz CT molecular complexity index is 605. The molecule has 21 heavy (non-hydrogen) atoms. The number of carbonyl (C=O) groups is 2. The van der Waals surface area contributed by atoms with E-state index in [9.17, 15) is 14.7 Å². The molecule has 0 aliphatic carbocycles. The maximum Gasteiger partial charge on any atom is 0.191 e. The lowest BCUT2D eigenvalue weighted by molar-refractivity contribution is 0.0598. The molecule has 0 saturated carbocycles. The van der Waals surface area contributed by atoms with Crippen LogP contribution in [-0.2, 0) is 0 Å². The lowest BCUT2D eigenvalue weighted by Crippen LogP contribution is -2.29. The molecule has 108 valence electrons. The van der Waals surface area contributed by atoms with Gasteiger partial charge in [-0.3, -0.25) is 9.59 Å². The van der Waals surface area contributed by atoms with Crippen LogP contribution in [0.15, 0.2) is 60.7 Å². The summed E-state index contributed by atoms with van der Waals surface area (Å²) in [6.07, 6.45) is -1.02. The van der Waals surface area contributed by atoms with E-state index < -0.39 is 12.0 Å². The van der Waals surface area contributed by atoms with Gasteiger partial charge in [0.2, 0.25) is 0 Å². The standard InChI is InChI=1S/C18H18O3/c1-13(12-16(19)14-8-4-2-5-9-14)17(20)18(21)15-10-6-3-7-11-15/h2-11,13,17,20H,12H2,1H3/t13-,17+/m1/s1. The van der Waals surface area contributed by atoms with E-state index in [1.807, 2.05) is 12.1 Å². The summed E-state index contributed by atoms with van der Waals surface area (Å²) >= 11 is 0. The largest absolute Gasteiger partial charge is 0.385 e. The second kappa shape index (κ2) is 6.95. The maximum atomic E-state index is 12.1. The fourth-order valence-electron chi connectivity index (χ4n) is 2.18. The molecular formula is C18H18O3. The van der Waals surface area contributed by atoms with Gasteiger partial charge in [-0.2, -0.15) is 0 Å². The fourth-order valence-corrected chi connectivity index (χ4v) is 2.18. The highest BCUT2D eigenvalue weighted by molar-refractivity contribution is 6.00. The molecule has 0 unspecified atom stereocenters. The highest BCUT2D eigenvalue weighted by atomic mass is 16.3. The molecule has 2 aromatic carbocycles. The summed E-state index contributed by atoms with van der Waals surface area (Å²) < 4.78 is 0. The quantitative estimate of drug-likeness (QED) is 0.828. The number of aliphatic hydroxyl groups is 1. The molecule has 0 heterocycles. The SMILES string of the molecule is C[C@H](CC(=O)c1ccccc1)[C@H](O)C(=O)c1ccccc1. The van der Waals surface area contributed by atoms with Crippen LogP contribution in [0.2, 0.25) is 0 Å². The highest BCUT2D eigenvalue weighted by Crippen LogP contribution is 2.17. The van der Waals surface area contributed by atoms with Crippen LogP contribution in [0.3, 0.4) is 0 Å². The van der Waals surface area contributed by atoms with Crippen molar-refractivity contribution >= 4 is 11.6 Å². The molecule has 2 aromatic rings. The molecule has 0 fully saturated rings. The number of ketones is 2. The third kappa shape index (κ3) is 3.86. The Morgan fingerprint density at radius 3 is 1.90 bits per heavy atom. The number of aliphatic hydroxyl groups excluding tert-OH is 1. The predicted molar refractivity (Wildman–Crippen MR) is 81.3 cm³/mol. The molecule has 2 atom stereocenters. The molecule has 0 aliphatic heterocycles. The van der Waals surface area contributed by atoms with E-state index >= 15 is 0 Å². The van der Waals surface area contributed by atoms with Gasteiger partial charge in [0.15, 0.2) is 11.6 Å². The first-order chi connectivity index (χ1) is 10.1. The van der Waals surface area contributed by atoms with Crippen molar-refractivity contribution in [1.29, 1.82) is 0 Å². The topological polar surface area (TPSA) is 54.4 Å². The Kier molecular flexibility index (Phi) is 5.01. The first-order valence-electron chi connectivity index (χ1n) is 6.95. The van der Waals surface area contributed by atoms with Crippen molar-refractivity contribution < 1.29 is 14.7 Å². The summed E-state index contributed by atoms with van der Waals surface area (Å²) in [6, 6.07) is 17.5. The van der Waals surface area contributed by atoms with Crippen molar-refractivity contribution in [2.45, 2.75) is 19.4 Å². The molecule has 0 radical (unpaired) electrons. The zero-order chi connectivity index (χ0) is 15.2. The van der Waals surface area contributed by atoms with Crippen LogP contribution in [0.1, 0.15) is 34.1 Å². The third-order valence-electron chi connectivity index (χ3n) is 3.47. The Morgan fingerprint density at radius 1 is 0.905 bits per heavy atom. The monoisotopic (exact) mass is 282 g/mol. The zero-order valence-electron chi connectivity index (χ0n) is 11.9. The van der Waals surface area contributed by atoms with Crippen LogP contribution in [0.4, 0.5) is 0 Å². The van der Waals surface area contributed by atoms with Crippen LogP contribution in [0, 0.1) is 5.92 Å². The number of hydrogen-bond donors (Lipinski definition) is 1. The smallest absolute Gasteiger partial charge is 0.191 e. The van der Waals surface area contributed by atoms with E-state index in [2.05, 4.69) is 0 Å². The lowest BCUT2D eigenvalue weighted by Gasteiger charge is -2.17. The first-order valence-corrected chi connectivity index (χ1v) is 6.95.